The van der Waals surface area contributed by atoms with Crippen molar-refractivity contribution < 1.29 is 22.7 Å². The molecule has 0 saturated carbocycles. The number of ether oxygens (including phenoxy) is 1. The highest BCUT2D eigenvalue weighted by atomic mass is 32.2. The minimum absolute atomic E-state index is 0.135. The van der Waals surface area contributed by atoms with E-state index in [0.717, 1.165) is 23.3 Å². The largest absolute Gasteiger partial charge is 0.450 e. The van der Waals surface area contributed by atoms with E-state index < -0.39 is 22.0 Å². The predicted molar refractivity (Wildman–Crippen MR) is 134 cm³/mol. The standard InChI is InChI=1S/C24H30N4O5S2/c1-4-7-13-28(5-2)35(31,32)18-10-8-17(9-11-18)22(29)26-23-20(15-25)19-12-14-27(16-21(19)34-23)24(30)33-6-3/h8-11H,4-7,12-14,16H2,1-3H3,(H,26,29). The summed E-state index contributed by atoms with van der Waals surface area (Å²) < 4.78 is 32.3. The molecule has 0 radical (unpaired) electrons. The topological polar surface area (TPSA) is 120 Å². The monoisotopic (exact) mass is 518 g/mol. The molecule has 0 fully saturated rings. The molecule has 1 aliphatic rings. The maximum absolute atomic E-state index is 12.9. The van der Waals surface area contributed by atoms with Gasteiger partial charge in [0.25, 0.3) is 5.91 Å². The van der Waals surface area contributed by atoms with Crippen molar-refractivity contribution >= 4 is 38.4 Å². The van der Waals surface area contributed by atoms with E-state index in [2.05, 4.69) is 11.4 Å². The van der Waals surface area contributed by atoms with E-state index >= 15 is 0 Å². The van der Waals surface area contributed by atoms with Crippen molar-refractivity contribution in [1.29, 1.82) is 5.26 Å². The number of nitrogens with one attached hydrogen (secondary N) is 1. The number of anilines is 1. The number of carbonyl (C=O) groups is 2. The number of carbonyl (C=O) groups excluding carboxylic acids is 2. The average molecular weight is 519 g/mol. The molecule has 188 valence electrons. The molecule has 0 spiro atoms. The van der Waals surface area contributed by atoms with Crippen LogP contribution in [0, 0.1) is 11.3 Å². The third kappa shape index (κ3) is 5.83. The minimum atomic E-state index is -3.64. The number of hydrogen-bond donors (Lipinski definition) is 1. The molecule has 0 bridgehead atoms. The van der Waals surface area contributed by atoms with E-state index in [1.165, 1.54) is 39.9 Å². The normalized spacial score (nSPS) is 13.3. The van der Waals surface area contributed by atoms with Gasteiger partial charge < -0.3 is 15.0 Å². The number of hydrogen-bond acceptors (Lipinski definition) is 7. The van der Waals surface area contributed by atoms with E-state index in [-0.39, 0.29) is 17.1 Å². The third-order valence-electron chi connectivity index (χ3n) is 5.79. The Balaban J connectivity index is 1.76. The second-order valence-electron chi connectivity index (χ2n) is 8.02. The highest BCUT2D eigenvalue weighted by Crippen LogP contribution is 2.37. The molecular weight excluding hydrogens is 488 g/mol. The Morgan fingerprint density at radius 3 is 2.54 bits per heavy atom. The Labute approximate surface area is 210 Å². The van der Waals surface area contributed by atoms with E-state index in [4.69, 9.17) is 4.74 Å². The molecule has 1 aliphatic heterocycles. The molecule has 35 heavy (non-hydrogen) atoms. The minimum Gasteiger partial charge on any atom is -0.450 e. The summed E-state index contributed by atoms with van der Waals surface area (Å²) in [4.78, 5) is 27.5. The molecule has 11 heteroatoms. The highest BCUT2D eigenvalue weighted by Gasteiger charge is 2.28. The van der Waals surface area contributed by atoms with Crippen LogP contribution < -0.4 is 5.32 Å². The van der Waals surface area contributed by atoms with Gasteiger partial charge in [0.2, 0.25) is 10.0 Å². The van der Waals surface area contributed by atoms with Gasteiger partial charge >= 0.3 is 6.09 Å². The predicted octanol–water partition coefficient (Wildman–Crippen LogP) is 4.20. The van der Waals surface area contributed by atoms with Crippen molar-refractivity contribution in [2.45, 2.75) is 51.5 Å². The number of nitriles is 1. The third-order valence-corrected chi connectivity index (χ3v) is 8.91. The van der Waals surface area contributed by atoms with Crippen LogP contribution in [0.1, 0.15) is 60.0 Å². The van der Waals surface area contributed by atoms with Crippen LogP contribution in [0.25, 0.3) is 0 Å². The lowest BCUT2D eigenvalue weighted by Crippen LogP contribution is -2.35. The summed E-state index contributed by atoms with van der Waals surface area (Å²) in [5.74, 6) is -0.440. The van der Waals surface area contributed by atoms with Gasteiger partial charge in [0, 0.05) is 30.1 Å². The van der Waals surface area contributed by atoms with Crippen molar-refractivity contribution in [1.82, 2.24) is 9.21 Å². The van der Waals surface area contributed by atoms with Gasteiger partial charge in [-0.3, -0.25) is 4.79 Å². The van der Waals surface area contributed by atoms with Gasteiger partial charge in [-0.15, -0.1) is 11.3 Å². The maximum Gasteiger partial charge on any atom is 0.410 e. The Morgan fingerprint density at radius 2 is 1.94 bits per heavy atom. The summed E-state index contributed by atoms with van der Waals surface area (Å²) in [5.41, 5.74) is 1.51. The van der Waals surface area contributed by atoms with Crippen LogP contribution in [-0.4, -0.2) is 55.9 Å². The SMILES string of the molecule is CCCCN(CC)S(=O)(=O)c1ccc(C(=O)Nc2sc3c(c2C#N)CCN(C(=O)OCC)C3)cc1. The molecule has 2 aromatic rings. The molecule has 1 aromatic heterocycles. The molecule has 1 aromatic carbocycles. The fraction of sp³-hybridized carbons (Fsp3) is 0.458. The zero-order chi connectivity index (χ0) is 25.6. The Bertz CT molecular complexity index is 1220. The van der Waals surface area contributed by atoms with Gasteiger partial charge in [-0.1, -0.05) is 20.3 Å². The van der Waals surface area contributed by atoms with Crippen LogP contribution in [-0.2, 0) is 27.7 Å². The van der Waals surface area contributed by atoms with Gasteiger partial charge in [0.05, 0.1) is 23.6 Å². The fourth-order valence-electron chi connectivity index (χ4n) is 3.87. The van der Waals surface area contributed by atoms with Crippen molar-refractivity contribution in [3.63, 3.8) is 0 Å². The second kappa shape index (κ2) is 11.7. The number of sulfonamides is 1. The first-order valence-corrected chi connectivity index (χ1v) is 13.9. The second-order valence-corrected chi connectivity index (χ2v) is 11.1. The molecular formula is C24H30N4O5S2. The van der Waals surface area contributed by atoms with E-state index in [1.54, 1.807) is 18.7 Å². The van der Waals surface area contributed by atoms with Crippen molar-refractivity contribution in [2.24, 2.45) is 0 Å². The smallest absolute Gasteiger partial charge is 0.410 e. The van der Waals surface area contributed by atoms with Gasteiger partial charge in [-0.25, -0.2) is 13.2 Å². The number of benzene rings is 1. The Kier molecular flexibility index (Phi) is 8.88. The number of fused-ring (bicyclic) bond motifs is 1. The summed E-state index contributed by atoms with van der Waals surface area (Å²) >= 11 is 1.26. The van der Waals surface area contributed by atoms with Crippen LogP contribution in [0.4, 0.5) is 9.80 Å². The lowest BCUT2D eigenvalue weighted by atomic mass is 10.0. The summed E-state index contributed by atoms with van der Waals surface area (Å²) in [5, 5.41) is 12.9. The first-order chi connectivity index (χ1) is 16.8. The van der Waals surface area contributed by atoms with E-state index in [0.29, 0.717) is 43.2 Å². The zero-order valence-corrected chi connectivity index (χ0v) is 21.8. The number of thiophene rings is 1. The Morgan fingerprint density at radius 1 is 1.23 bits per heavy atom. The molecule has 2 heterocycles. The zero-order valence-electron chi connectivity index (χ0n) is 20.2. The van der Waals surface area contributed by atoms with Crippen LogP contribution in [0.3, 0.4) is 0 Å². The summed E-state index contributed by atoms with van der Waals surface area (Å²) in [6.45, 7) is 7.42. The average Bonchev–Trinajstić information content (AvgIpc) is 3.20. The first kappa shape index (κ1) is 26.7. The summed E-state index contributed by atoms with van der Waals surface area (Å²) in [7, 11) is -3.64. The van der Waals surface area contributed by atoms with E-state index in [9.17, 15) is 23.3 Å². The van der Waals surface area contributed by atoms with Gasteiger partial charge in [-0.2, -0.15) is 9.57 Å². The first-order valence-electron chi connectivity index (χ1n) is 11.6. The molecule has 9 nitrogen and oxygen atoms in total. The lowest BCUT2D eigenvalue weighted by Gasteiger charge is -2.25. The van der Waals surface area contributed by atoms with Crippen molar-refractivity contribution in [3.8, 4) is 6.07 Å². The number of nitrogens with zero attached hydrogens (tertiary/aromatic N) is 3. The highest BCUT2D eigenvalue weighted by molar-refractivity contribution is 7.89. The molecule has 0 saturated heterocycles. The molecule has 3 rings (SSSR count). The van der Waals surface area contributed by atoms with Crippen LogP contribution in [0.15, 0.2) is 29.2 Å². The Hall–Kier alpha value is -2.94. The maximum atomic E-state index is 12.9. The van der Waals surface area contributed by atoms with Gasteiger partial charge in [-0.05, 0) is 49.6 Å². The molecule has 0 atom stereocenters. The quantitative estimate of drug-likeness (QED) is 0.531. The van der Waals surface area contributed by atoms with Crippen LogP contribution in [0.5, 0.6) is 0 Å². The number of amides is 2. The van der Waals surface area contributed by atoms with E-state index in [1.807, 2.05) is 6.92 Å². The molecule has 0 unspecified atom stereocenters. The van der Waals surface area contributed by atoms with Crippen LogP contribution >= 0.6 is 11.3 Å². The van der Waals surface area contributed by atoms with Crippen molar-refractivity contribution in [2.75, 3.05) is 31.6 Å². The number of unbranched alkanes of at least 4 members (excludes halogenated alkanes) is 1. The molecule has 1 N–H and O–H groups in total. The van der Waals surface area contributed by atoms with Crippen LogP contribution in [0.2, 0.25) is 0 Å². The summed E-state index contributed by atoms with van der Waals surface area (Å²) in [6, 6.07) is 7.97. The lowest BCUT2D eigenvalue weighted by molar-refractivity contribution is 0.102. The molecule has 0 aliphatic carbocycles. The summed E-state index contributed by atoms with van der Waals surface area (Å²) in [6.07, 6.45) is 1.77. The van der Waals surface area contributed by atoms with Crippen molar-refractivity contribution in [3.05, 3.63) is 45.8 Å². The van der Waals surface area contributed by atoms with Gasteiger partial charge in [0.15, 0.2) is 0 Å². The number of rotatable bonds is 9. The van der Waals surface area contributed by atoms with Gasteiger partial charge in [0.1, 0.15) is 11.1 Å². The fourth-order valence-corrected chi connectivity index (χ4v) is 6.56. The molecule has 2 amide bonds.